The van der Waals surface area contributed by atoms with Crippen LogP contribution in [0.4, 0.5) is 5.69 Å². The van der Waals surface area contributed by atoms with E-state index in [2.05, 4.69) is 53.1 Å². The van der Waals surface area contributed by atoms with E-state index in [9.17, 15) is 0 Å². The Balaban J connectivity index is 1.68. The molecule has 1 saturated heterocycles. The minimum Gasteiger partial charge on any atom is -0.368 e. The number of pyridine rings is 1. The summed E-state index contributed by atoms with van der Waals surface area (Å²) in [5.74, 6) is 0. The van der Waals surface area contributed by atoms with Crippen LogP contribution in [0.3, 0.4) is 0 Å². The molecule has 0 radical (unpaired) electrons. The van der Waals surface area contributed by atoms with Crippen LogP contribution in [0.15, 0.2) is 18.3 Å². The third kappa shape index (κ3) is 3.13. The summed E-state index contributed by atoms with van der Waals surface area (Å²) in [5, 5.41) is 3.54. The van der Waals surface area contributed by atoms with Crippen molar-refractivity contribution in [2.75, 3.05) is 31.6 Å². The van der Waals surface area contributed by atoms with Crippen molar-refractivity contribution in [2.24, 2.45) is 0 Å². The van der Waals surface area contributed by atoms with E-state index < -0.39 is 0 Å². The van der Waals surface area contributed by atoms with Gasteiger partial charge in [-0.3, -0.25) is 9.88 Å². The highest BCUT2D eigenvalue weighted by atomic mass is 15.3. The van der Waals surface area contributed by atoms with E-state index in [1.54, 1.807) is 0 Å². The van der Waals surface area contributed by atoms with Crippen molar-refractivity contribution in [1.29, 1.82) is 0 Å². The molecule has 0 spiro atoms. The molecule has 2 aliphatic rings. The van der Waals surface area contributed by atoms with Gasteiger partial charge < -0.3 is 10.2 Å². The molecular formula is C16H26N4. The van der Waals surface area contributed by atoms with Crippen LogP contribution in [0.5, 0.6) is 0 Å². The van der Waals surface area contributed by atoms with E-state index in [0.717, 1.165) is 37.9 Å². The molecule has 0 aromatic carbocycles. The molecule has 0 amide bonds. The standard InChI is InChI=1S/C16H26N4/c1-16(2)12-20(9-8-19(16)3)15-6-7-17-14(10-15)11-18-13-4-5-13/h6-7,10,13,18H,4-5,8-9,11-12H2,1-3H3. The molecule has 2 heterocycles. The van der Waals surface area contributed by atoms with Crippen molar-refractivity contribution in [3.8, 4) is 0 Å². The fraction of sp³-hybridized carbons (Fsp3) is 0.688. The second-order valence-corrected chi connectivity index (χ2v) is 6.82. The van der Waals surface area contributed by atoms with Crippen molar-refractivity contribution in [3.05, 3.63) is 24.0 Å². The van der Waals surface area contributed by atoms with Crippen molar-refractivity contribution >= 4 is 5.69 Å². The molecule has 4 nitrogen and oxygen atoms in total. The molecule has 2 fully saturated rings. The largest absolute Gasteiger partial charge is 0.368 e. The number of anilines is 1. The maximum atomic E-state index is 4.49. The average Bonchev–Trinajstić information content (AvgIpc) is 3.24. The smallest absolute Gasteiger partial charge is 0.0562 e. The Morgan fingerprint density at radius 1 is 1.35 bits per heavy atom. The quantitative estimate of drug-likeness (QED) is 0.908. The number of hydrogen-bond acceptors (Lipinski definition) is 4. The fourth-order valence-electron chi connectivity index (χ4n) is 2.76. The molecule has 20 heavy (non-hydrogen) atoms. The van der Waals surface area contributed by atoms with Gasteiger partial charge in [-0.1, -0.05) is 0 Å². The number of likely N-dealkylation sites (N-methyl/N-ethyl adjacent to an activating group) is 1. The predicted octanol–water partition coefficient (Wildman–Crippen LogP) is 1.86. The Bertz CT molecular complexity index is 467. The maximum absolute atomic E-state index is 4.49. The van der Waals surface area contributed by atoms with Gasteiger partial charge in [-0.15, -0.1) is 0 Å². The summed E-state index contributed by atoms with van der Waals surface area (Å²) in [6, 6.07) is 5.13. The van der Waals surface area contributed by atoms with E-state index in [1.165, 1.54) is 18.5 Å². The zero-order valence-corrected chi connectivity index (χ0v) is 12.9. The van der Waals surface area contributed by atoms with E-state index >= 15 is 0 Å². The average molecular weight is 274 g/mol. The summed E-state index contributed by atoms with van der Waals surface area (Å²) < 4.78 is 0. The first kappa shape index (κ1) is 13.8. The van der Waals surface area contributed by atoms with Gasteiger partial charge in [-0.05, 0) is 45.9 Å². The van der Waals surface area contributed by atoms with Crippen LogP contribution in [0.1, 0.15) is 32.4 Å². The van der Waals surface area contributed by atoms with Crippen LogP contribution in [-0.2, 0) is 6.54 Å². The SMILES string of the molecule is CN1CCN(c2ccnc(CNC3CC3)c2)CC1(C)C. The highest BCUT2D eigenvalue weighted by Crippen LogP contribution is 2.25. The Labute approximate surface area is 122 Å². The molecule has 4 heteroatoms. The first-order chi connectivity index (χ1) is 9.54. The van der Waals surface area contributed by atoms with Gasteiger partial charge in [0, 0.05) is 49.6 Å². The first-order valence-electron chi connectivity index (χ1n) is 7.69. The van der Waals surface area contributed by atoms with Crippen molar-refractivity contribution in [1.82, 2.24) is 15.2 Å². The van der Waals surface area contributed by atoms with Crippen molar-refractivity contribution in [3.63, 3.8) is 0 Å². The summed E-state index contributed by atoms with van der Waals surface area (Å²) in [6.07, 6.45) is 4.60. The normalized spacial score (nSPS) is 23.1. The molecule has 0 unspecified atom stereocenters. The van der Waals surface area contributed by atoms with Crippen molar-refractivity contribution in [2.45, 2.75) is 44.8 Å². The number of piperazine rings is 1. The lowest BCUT2D eigenvalue weighted by Crippen LogP contribution is -2.57. The maximum Gasteiger partial charge on any atom is 0.0562 e. The molecule has 0 bridgehead atoms. The predicted molar refractivity (Wildman–Crippen MR) is 83.0 cm³/mol. The van der Waals surface area contributed by atoms with Crippen LogP contribution < -0.4 is 10.2 Å². The van der Waals surface area contributed by atoms with Gasteiger partial charge in [0.05, 0.1) is 5.69 Å². The summed E-state index contributed by atoms with van der Waals surface area (Å²) in [5.41, 5.74) is 2.70. The molecule has 1 N–H and O–H groups in total. The highest BCUT2D eigenvalue weighted by molar-refractivity contribution is 5.47. The fourth-order valence-corrected chi connectivity index (χ4v) is 2.76. The molecule has 1 saturated carbocycles. The Kier molecular flexibility index (Phi) is 3.69. The molecule has 1 aromatic heterocycles. The summed E-state index contributed by atoms with van der Waals surface area (Å²) in [7, 11) is 2.22. The van der Waals surface area contributed by atoms with Gasteiger partial charge in [-0.2, -0.15) is 0 Å². The van der Waals surface area contributed by atoms with Gasteiger partial charge >= 0.3 is 0 Å². The van der Waals surface area contributed by atoms with Crippen LogP contribution in [0, 0.1) is 0 Å². The molecule has 3 rings (SSSR count). The monoisotopic (exact) mass is 274 g/mol. The van der Waals surface area contributed by atoms with Crippen LogP contribution in [0.25, 0.3) is 0 Å². The number of rotatable bonds is 4. The van der Waals surface area contributed by atoms with Gasteiger partial charge in [0.25, 0.3) is 0 Å². The lowest BCUT2D eigenvalue weighted by molar-refractivity contribution is 0.139. The molecule has 1 aliphatic carbocycles. The Hall–Kier alpha value is -1.13. The summed E-state index contributed by atoms with van der Waals surface area (Å²) in [4.78, 5) is 9.42. The summed E-state index contributed by atoms with van der Waals surface area (Å²) >= 11 is 0. The third-order valence-corrected chi connectivity index (χ3v) is 4.63. The molecule has 0 atom stereocenters. The molecule has 1 aromatic rings. The van der Waals surface area contributed by atoms with Crippen LogP contribution >= 0.6 is 0 Å². The third-order valence-electron chi connectivity index (χ3n) is 4.63. The number of hydrogen-bond donors (Lipinski definition) is 1. The Morgan fingerprint density at radius 3 is 2.85 bits per heavy atom. The Morgan fingerprint density at radius 2 is 2.15 bits per heavy atom. The zero-order chi connectivity index (χ0) is 14.2. The molecule has 110 valence electrons. The lowest BCUT2D eigenvalue weighted by atomic mass is 9.99. The molecular weight excluding hydrogens is 248 g/mol. The van der Waals surface area contributed by atoms with E-state index in [0.29, 0.717) is 0 Å². The minimum atomic E-state index is 0.230. The van der Waals surface area contributed by atoms with Crippen LogP contribution in [0.2, 0.25) is 0 Å². The second-order valence-electron chi connectivity index (χ2n) is 6.82. The number of aromatic nitrogens is 1. The highest BCUT2D eigenvalue weighted by Gasteiger charge is 2.31. The van der Waals surface area contributed by atoms with Crippen LogP contribution in [-0.4, -0.2) is 48.1 Å². The number of nitrogens with one attached hydrogen (secondary N) is 1. The van der Waals surface area contributed by atoms with E-state index in [4.69, 9.17) is 0 Å². The van der Waals surface area contributed by atoms with Gasteiger partial charge in [0.1, 0.15) is 0 Å². The topological polar surface area (TPSA) is 31.4 Å². The first-order valence-corrected chi connectivity index (χ1v) is 7.69. The van der Waals surface area contributed by atoms with Gasteiger partial charge in [-0.25, -0.2) is 0 Å². The molecule has 1 aliphatic heterocycles. The van der Waals surface area contributed by atoms with Gasteiger partial charge in [0.2, 0.25) is 0 Å². The zero-order valence-electron chi connectivity index (χ0n) is 12.9. The lowest BCUT2D eigenvalue weighted by Gasteiger charge is -2.46. The number of nitrogens with zero attached hydrogens (tertiary/aromatic N) is 3. The minimum absolute atomic E-state index is 0.230. The van der Waals surface area contributed by atoms with E-state index in [1.807, 2.05) is 6.20 Å². The van der Waals surface area contributed by atoms with Crippen molar-refractivity contribution < 1.29 is 0 Å². The summed E-state index contributed by atoms with van der Waals surface area (Å²) in [6.45, 7) is 8.81. The van der Waals surface area contributed by atoms with E-state index in [-0.39, 0.29) is 5.54 Å². The second kappa shape index (κ2) is 5.34. The van der Waals surface area contributed by atoms with Gasteiger partial charge in [0.15, 0.2) is 0 Å².